The van der Waals surface area contributed by atoms with Crippen molar-refractivity contribution in [1.82, 2.24) is 10.2 Å². The van der Waals surface area contributed by atoms with Gasteiger partial charge in [0.1, 0.15) is 0 Å². The van der Waals surface area contributed by atoms with Crippen molar-refractivity contribution in [2.24, 2.45) is 5.92 Å². The fraction of sp³-hybridized carbons (Fsp3) is 0.579. The number of hydrogen-bond donors (Lipinski definition) is 2. The molecular formula is C19H29N3O3. The van der Waals surface area contributed by atoms with Crippen LogP contribution in [0.4, 0.5) is 10.5 Å². The monoisotopic (exact) mass is 347 g/mol. The van der Waals surface area contributed by atoms with E-state index in [0.717, 1.165) is 24.9 Å². The molecule has 6 heteroatoms. The van der Waals surface area contributed by atoms with Gasteiger partial charge in [0.2, 0.25) is 5.91 Å². The number of carbonyl (C=O) groups is 2. The Bertz CT molecular complexity index is 591. The van der Waals surface area contributed by atoms with E-state index in [1.165, 1.54) is 5.56 Å². The smallest absolute Gasteiger partial charge is 0.322 e. The van der Waals surface area contributed by atoms with Crippen molar-refractivity contribution < 1.29 is 14.3 Å². The second-order valence-corrected chi connectivity index (χ2v) is 6.54. The SMILES string of the molecule is CCc1cccc(NC(=O)N2C[C@@H](C(=O)NCCOC)CC[C@H]2C)c1. The highest BCUT2D eigenvalue weighted by atomic mass is 16.5. The minimum absolute atomic E-state index is 0.00488. The molecule has 0 saturated carbocycles. The van der Waals surface area contributed by atoms with Crippen molar-refractivity contribution in [2.45, 2.75) is 39.2 Å². The summed E-state index contributed by atoms with van der Waals surface area (Å²) in [6.07, 6.45) is 2.55. The number of nitrogens with one attached hydrogen (secondary N) is 2. The molecule has 2 atom stereocenters. The maximum Gasteiger partial charge on any atom is 0.322 e. The van der Waals surface area contributed by atoms with Crippen LogP contribution >= 0.6 is 0 Å². The van der Waals surface area contributed by atoms with Crippen LogP contribution in [0.1, 0.15) is 32.3 Å². The molecule has 6 nitrogen and oxygen atoms in total. The highest BCUT2D eigenvalue weighted by molar-refractivity contribution is 5.90. The van der Waals surface area contributed by atoms with Crippen LogP contribution in [-0.4, -0.2) is 49.7 Å². The van der Waals surface area contributed by atoms with Gasteiger partial charge >= 0.3 is 6.03 Å². The Morgan fingerprint density at radius 1 is 1.32 bits per heavy atom. The van der Waals surface area contributed by atoms with Crippen LogP contribution < -0.4 is 10.6 Å². The summed E-state index contributed by atoms with van der Waals surface area (Å²) in [4.78, 5) is 26.7. The number of rotatable bonds is 6. The third-order valence-electron chi connectivity index (χ3n) is 4.71. The van der Waals surface area contributed by atoms with Crippen LogP contribution in [0.2, 0.25) is 0 Å². The Morgan fingerprint density at radius 2 is 2.12 bits per heavy atom. The van der Waals surface area contributed by atoms with Crippen molar-refractivity contribution in [3.8, 4) is 0 Å². The molecule has 0 aliphatic carbocycles. The zero-order chi connectivity index (χ0) is 18.2. The van der Waals surface area contributed by atoms with Gasteiger partial charge in [-0.15, -0.1) is 0 Å². The van der Waals surface area contributed by atoms with E-state index in [9.17, 15) is 9.59 Å². The van der Waals surface area contributed by atoms with E-state index in [0.29, 0.717) is 19.7 Å². The maximum absolute atomic E-state index is 12.7. The first kappa shape index (κ1) is 19.2. The van der Waals surface area contributed by atoms with E-state index in [1.54, 1.807) is 12.0 Å². The molecule has 0 aromatic heterocycles. The summed E-state index contributed by atoms with van der Waals surface area (Å²) in [5, 5.41) is 5.83. The number of methoxy groups -OCH3 is 1. The molecule has 1 aliphatic heterocycles. The number of piperidine rings is 1. The highest BCUT2D eigenvalue weighted by Gasteiger charge is 2.32. The lowest BCUT2D eigenvalue weighted by Gasteiger charge is -2.37. The number of carbonyl (C=O) groups excluding carboxylic acids is 2. The summed E-state index contributed by atoms with van der Waals surface area (Å²) in [7, 11) is 1.61. The molecule has 1 aliphatic rings. The van der Waals surface area contributed by atoms with Crippen LogP contribution in [0.25, 0.3) is 0 Å². The van der Waals surface area contributed by atoms with Crippen LogP contribution in [-0.2, 0) is 16.0 Å². The van der Waals surface area contributed by atoms with Crippen molar-refractivity contribution in [3.05, 3.63) is 29.8 Å². The largest absolute Gasteiger partial charge is 0.383 e. The van der Waals surface area contributed by atoms with Crippen LogP contribution in [0.15, 0.2) is 24.3 Å². The standard InChI is InChI=1S/C19H29N3O3/c1-4-15-6-5-7-17(12-15)21-19(24)22-13-16(9-8-14(22)2)18(23)20-10-11-25-3/h5-7,12,14,16H,4,8-11,13H2,1-3H3,(H,20,23)(H,21,24)/t14-,16+/m1/s1. The van der Waals surface area contributed by atoms with Crippen molar-refractivity contribution in [2.75, 3.05) is 32.1 Å². The number of likely N-dealkylation sites (tertiary alicyclic amines) is 1. The van der Waals surface area contributed by atoms with Crippen LogP contribution in [0, 0.1) is 5.92 Å². The molecular weight excluding hydrogens is 318 g/mol. The number of aryl methyl sites for hydroxylation is 1. The summed E-state index contributed by atoms with van der Waals surface area (Å²) in [6, 6.07) is 7.84. The first-order valence-corrected chi connectivity index (χ1v) is 8.98. The van der Waals surface area contributed by atoms with E-state index < -0.39 is 0 Å². The summed E-state index contributed by atoms with van der Waals surface area (Å²) in [6.45, 7) is 5.55. The molecule has 0 radical (unpaired) electrons. The number of urea groups is 1. The van der Waals surface area contributed by atoms with Crippen molar-refractivity contribution >= 4 is 17.6 Å². The zero-order valence-electron chi connectivity index (χ0n) is 15.4. The zero-order valence-corrected chi connectivity index (χ0v) is 15.4. The maximum atomic E-state index is 12.7. The van der Waals surface area contributed by atoms with Crippen LogP contribution in [0.3, 0.4) is 0 Å². The van der Waals surface area contributed by atoms with E-state index in [-0.39, 0.29) is 23.9 Å². The van der Waals surface area contributed by atoms with E-state index in [2.05, 4.69) is 17.6 Å². The van der Waals surface area contributed by atoms with Gasteiger partial charge in [-0.2, -0.15) is 0 Å². The third kappa shape index (κ3) is 5.46. The molecule has 0 unspecified atom stereocenters. The summed E-state index contributed by atoms with van der Waals surface area (Å²) in [5.41, 5.74) is 1.98. The molecule has 2 N–H and O–H groups in total. The lowest BCUT2D eigenvalue weighted by molar-refractivity contribution is -0.126. The van der Waals surface area contributed by atoms with Crippen molar-refractivity contribution in [1.29, 1.82) is 0 Å². The number of anilines is 1. The van der Waals surface area contributed by atoms with Gasteiger partial charge < -0.3 is 20.3 Å². The minimum atomic E-state index is -0.166. The number of amides is 3. The van der Waals surface area contributed by atoms with E-state index in [4.69, 9.17) is 4.74 Å². The summed E-state index contributed by atoms with van der Waals surface area (Å²) >= 11 is 0. The molecule has 1 fully saturated rings. The van der Waals surface area contributed by atoms with Gasteiger partial charge in [0.25, 0.3) is 0 Å². The molecule has 0 spiro atoms. The normalized spacial score (nSPS) is 20.2. The fourth-order valence-electron chi connectivity index (χ4n) is 3.09. The second-order valence-electron chi connectivity index (χ2n) is 6.54. The third-order valence-corrected chi connectivity index (χ3v) is 4.71. The number of benzene rings is 1. The Morgan fingerprint density at radius 3 is 2.84 bits per heavy atom. The molecule has 1 saturated heterocycles. The predicted molar refractivity (Wildman–Crippen MR) is 98.6 cm³/mol. The first-order chi connectivity index (χ1) is 12.0. The lowest BCUT2D eigenvalue weighted by atomic mass is 9.93. The van der Waals surface area contributed by atoms with Gasteiger partial charge in [-0.3, -0.25) is 4.79 Å². The first-order valence-electron chi connectivity index (χ1n) is 8.98. The number of ether oxygens (including phenoxy) is 1. The Kier molecular flexibility index (Phi) is 7.25. The molecule has 1 aromatic carbocycles. The topological polar surface area (TPSA) is 70.7 Å². The Hall–Kier alpha value is -2.08. The predicted octanol–water partition coefficient (Wildman–Crippen LogP) is 2.64. The molecule has 0 bridgehead atoms. The molecule has 3 amide bonds. The van der Waals surface area contributed by atoms with Gasteiger partial charge in [0.05, 0.1) is 12.5 Å². The van der Waals surface area contributed by atoms with Gasteiger partial charge in [-0.05, 0) is 43.9 Å². The fourth-order valence-corrected chi connectivity index (χ4v) is 3.09. The second kappa shape index (κ2) is 9.42. The van der Waals surface area contributed by atoms with E-state index in [1.807, 2.05) is 31.2 Å². The highest BCUT2D eigenvalue weighted by Crippen LogP contribution is 2.23. The lowest BCUT2D eigenvalue weighted by Crippen LogP contribution is -2.51. The average molecular weight is 347 g/mol. The molecule has 1 heterocycles. The summed E-state index contributed by atoms with van der Waals surface area (Å²) in [5.74, 6) is -0.171. The van der Waals surface area contributed by atoms with Gasteiger partial charge in [-0.25, -0.2) is 4.79 Å². The molecule has 1 aromatic rings. The van der Waals surface area contributed by atoms with Gasteiger partial charge in [-0.1, -0.05) is 19.1 Å². The molecule has 138 valence electrons. The molecule has 2 rings (SSSR count). The van der Waals surface area contributed by atoms with Gasteiger partial charge in [0.15, 0.2) is 0 Å². The average Bonchev–Trinajstić information content (AvgIpc) is 2.62. The Balaban J connectivity index is 1.95. The van der Waals surface area contributed by atoms with Crippen LogP contribution in [0.5, 0.6) is 0 Å². The van der Waals surface area contributed by atoms with Gasteiger partial charge in [0, 0.05) is 31.9 Å². The Labute approximate surface area is 149 Å². The quantitative estimate of drug-likeness (QED) is 0.777. The molecule has 25 heavy (non-hydrogen) atoms. The van der Waals surface area contributed by atoms with E-state index >= 15 is 0 Å². The minimum Gasteiger partial charge on any atom is -0.383 e. The number of hydrogen-bond acceptors (Lipinski definition) is 3. The number of nitrogens with zero attached hydrogens (tertiary/aromatic N) is 1. The summed E-state index contributed by atoms with van der Waals surface area (Å²) < 4.78 is 4.95. The van der Waals surface area contributed by atoms with Crippen molar-refractivity contribution in [3.63, 3.8) is 0 Å².